The molecule has 0 aromatic carbocycles. The van der Waals surface area contributed by atoms with Crippen LogP contribution in [0.2, 0.25) is 0 Å². The fourth-order valence-electron chi connectivity index (χ4n) is 3.98. The van der Waals surface area contributed by atoms with Crippen molar-refractivity contribution in [3.05, 3.63) is 48.7 Å². The van der Waals surface area contributed by atoms with Gasteiger partial charge in [0.1, 0.15) is 11.7 Å². The summed E-state index contributed by atoms with van der Waals surface area (Å²) in [4.78, 5) is 16.3. The molecule has 0 spiro atoms. The van der Waals surface area contributed by atoms with Crippen molar-refractivity contribution < 1.29 is 4.74 Å². The highest BCUT2D eigenvalue weighted by Gasteiger charge is 2.22. The van der Waals surface area contributed by atoms with Crippen molar-refractivity contribution in [3.63, 3.8) is 0 Å². The van der Waals surface area contributed by atoms with Crippen LogP contribution in [0.25, 0.3) is 33.1 Å². The largest absolute Gasteiger partial charge is 0.487 e. The monoisotopic (exact) mass is 369 g/mol. The first-order chi connectivity index (χ1) is 13.8. The Morgan fingerprint density at radius 1 is 1.04 bits per heavy atom. The van der Waals surface area contributed by atoms with Crippen LogP contribution in [0.3, 0.4) is 0 Å². The van der Waals surface area contributed by atoms with Crippen LogP contribution >= 0.6 is 0 Å². The molecule has 6 nitrogen and oxygen atoms in total. The van der Waals surface area contributed by atoms with Crippen LogP contribution in [0.1, 0.15) is 37.8 Å². The summed E-state index contributed by atoms with van der Waals surface area (Å²) >= 11 is 0. The number of hydrogen-bond acceptors (Lipinski definition) is 5. The van der Waals surface area contributed by atoms with Crippen LogP contribution in [0, 0.1) is 11.3 Å². The van der Waals surface area contributed by atoms with Crippen LogP contribution in [0.4, 0.5) is 0 Å². The van der Waals surface area contributed by atoms with Gasteiger partial charge in [-0.25, -0.2) is 9.97 Å². The summed E-state index contributed by atoms with van der Waals surface area (Å²) in [6.07, 6.45) is 12.8. The van der Waals surface area contributed by atoms with Crippen LogP contribution in [0.15, 0.2) is 43.0 Å². The molecule has 0 radical (unpaired) electrons. The number of aromatic amines is 1. The Labute approximate surface area is 162 Å². The minimum absolute atomic E-state index is 0.134. The molecule has 4 aromatic heterocycles. The van der Waals surface area contributed by atoms with Gasteiger partial charge in [0.05, 0.1) is 23.2 Å². The smallest absolute Gasteiger partial charge is 0.183 e. The van der Waals surface area contributed by atoms with Crippen molar-refractivity contribution in [2.75, 3.05) is 0 Å². The summed E-state index contributed by atoms with van der Waals surface area (Å²) in [7, 11) is 0. The first kappa shape index (κ1) is 16.7. The van der Waals surface area contributed by atoms with E-state index in [2.05, 4.69) is 32.1 Å². The normalized spacial score (nSPS) is 15.0. The van der Waals surface area contributed by atoms with Crippen molar-refractivity contribution >= 4 is 21.9 Å². The van der Waals surface area contributed by atoms with Gasteiger partial charge in [0.2, 0.25) is 0 Å². The van der Waals surface area contributed by atoms with Crippen molar-refractivity contribution in [2.45, 2.75) is 38.2 Å². The number of nitrogens with zero attached hydrogens (tertiary/aromatic N) is 4. The lowest BCUT2D eigenvalue weighted by Crippen LogP contribution is -2.20. The lowest BCUT2D eigenvalue weighted by Gasteiger charge is -2.23. The molecule has 0 bridgehead atoms. The Balaban J connectivity index is 1.70. The number of rotatable bonds is 3. The number of pyridine rings is 3. The van der Waals surface area contributed by atoms with Gasteiger partial charge in [0, 0.05) is 29.5 Å². The molecular weight excluding hydrogens is 350 g/mol. The molecule has 1 saturated carbocycles. The number of nitrogens with one attached hydrogen (secondary N) is 1. The SMILES string of the molecule is N#Cc1ncc2[nH]c3ncc(-c4ccncc4)cc3c2c1OC1CCCCC1. The van der Waals surface area contributed by atoms with Crippen LogP contribution in [0.5, 0.6) is 5.75 Å². The topological polar surface area (TPSA) is 87.5 Å². The Kier molecular flexibility index (Phi) is 4.13. The van der Waals surface area contributed by atoms with Crippen LogP contribution < -0.4 is 4.74 Å². The third-order valence-electron chi connectivity index (χ3n) is 5.40. The predicted octanol–water partition coefficient (Wildman–Crippen LogP) is 4.76. The molecule has 28 heavy (non-hydrogen) atoms. The van der Waals surface area contributed by atoms with Gasteiger partial charge in [-0.15, -0.1) is 0 Å². The summed E-state index contributed by atoms with van der Waals surface area (Å²) in [6.45, 7) is 0. The Morgan fingerprint density at radius 3 is 2.64 bits per heavy atom. The van der Waals surface area contributed by atoms with Gasteiger partial charge >= 0.3 is 0 Å². The second-order valence-electron chi connectivity index (χ2n) is 7.20. The fourth-order valence-corrected chi connectivity index (χ4v) is 3.98. The van der Waals surface area contributed by atoms with E-state index >= 15 is 0 Å². The molecule has 1 aliphatic carbocycles. The number of H-pyrrole nitrogens is 1. The third-order valence-corrected chi connectivity index (χ3v) is 5.40. The van der Waals surface area contributed by atoms with Crippen molar-refractivity contribution in [2.24, 2.45) is 0 Å². The van der Waals surface area contributed by atoms with E-state index in [0.29, 0.717) is 11.4 Å². The molecule has 138 valence electrons. The molecule has 4 aromatic rings. The molecule has 0 atom stereocenters. The second-order valence-corrected chi connectivity index (χ2v) is 7.20. The van der Waals surface area contributed by atoms with Crippen molar-refractivity contribution in [3.8, 4) is 22.9 Å². The molecule has 1 aliphatic rings. The number of ether oxygens (including phenoxy) is 1. The Hall–Kier alpha value is -3.46. The number of nitriles is 1. The van der Waals surface area contributed by atoms with Crippen LogP contribution in [-0.2, 0) is 0 Å². The highest BCUT2D eigenvalue weighted by molar-refractivity contribution is 6.10. The Morgan fingerprint density at radius 2 is 1.86 bits per heavy atom. The molecule has 0 aliphatic heterocycles. The van der Waals surface area contributed by atoms with E-state index in [1.807, 2.05) is 18.3 Å². The molecule has 0 saturated heterocycles. The molecular formula is C22H19N5O. The predicted molar refractivity (Wildman–Crippen MR) is 107 cm³/mol. The minimum Gasteiger partial charge on any atom is -0.487 e. The molecule has 1 fully saturated rings. The molecule has 1 N–H and O–H groups in total. The zero-order valence-electron chi connectivity index (χ0n) is 15.4. The van der Waals surface area contributed by atoms with E-state index in [4.69, 9.17) is 4.74 Å². The van der Waals surface area contributed by atoms with E-state index < -0.39 is 0 Å². The molecule has 0 amide bonds. The average Bonchev–Trinajstić information content (AvgIpc) is 3.13. The van der Waals surface area contributed by atoms with Gasteiger partial charge < -0.3 is 9.72 Å². The standard InChI is InChI=1S/C22H19N5O/c23-11-18-21(28-16-4-2-1-3-5-16)20-17-10-15(14-6-8-24-9-7-14)12-26-22(17)27-19(20)13-25-18/h6-10,12-13,16H,1-5H2,(H,26,27). The van der Waals surface area contributed by atoms with Crippen LogP contribution in [-0.4, -0.2) is 26.0 Å². The summed E-state index contributed by atoms with van der Waals surface area (Å²) < 4.78 is 6.36. The number of aromatic nitrogens is 4. The van der Waals surface area contributed by atoms with Gasteiger partial charge in [0.15, 0.2) is 11.4 Å². The lowest BCUT2D eigenvalue weighted by molar-refractivity contribution is 0.156. The molecule has 0 unspecified atom stereocenters. The van der Waals surface area contributed by atoms with Gasteiger partial charge in [-0.05, 0) is 49.4 Å². The van der Waals surface area contributed by atoms with Crippen molar-refractivity contribution in [1.29, 1.82) is 5.26 Å². The molecule has 5 rings (SSSR count). The second kappa shape index (κ2) is 6.93. The maximum absolute atomic E-state index is 9.62. The molecule has 4 heterocycles. The number of fused-ring (bicyclic) bond motifs is 3. The average molecular weight is 369 g/mol. The first-order valence-electron chi connectivity index (χ1n) is 9.61. The van der Waals surface area contributed by atoms with E-state index in [1.165, 1.54) is 6.42 Å². The zero-order valence-corrected chi connectivity index (χ0v) is 15.4. The highest BCUT2D eigenvalue weighted by atomic mass is 16.5. The maximum Gasteiger partial charge on any atom is 0.183 e. The Bertz CT molecular complexity index is 1190. The summed E-state index contributed by atoms with van der Waals surface area (Å²) in [5.41, 5.74) is 3.96. The lowest BCUT2D eigenvalue weighted by atomic mass is 9.97. The quantitative estimate of drug-likeness (QED) is 0.563. The summed E-state index contributed by atoms with van der Waals surface area (Å²) in [5, 5.41) is 11.4. The summed E-state index contributed by atoms with van der Waals surface area (Å²) in [5.74, 6) is 0.576. The maximum atomic E-state index is 9.62. The minimum atomic E-state index is 0.134. The van der Waals surface area contributed by atoms with E-state index in [0.717, 1.165) is 58.7 Å². The van der Waals surface area contributed by atoms with E-state index in [9.17, 15) is 5.26 Å². The number of hydrogen-bond donors (Lipinski definition) is 1. The van der Waals surface area contributed by atoms with E-state index in [1.54, 1.807) is 18.6 Å². The summed E-state index contributed by atoms with van der Waals surface area (Å²) in [6, 6.07) is 8.20. The molecule has 6 heteroatoms. The fraction of sp³-hybridized carbons (Fsp3) is 0.273. The first-order valence-corrected chi connectivity index (χ1v) is 9.61. The van der Waals surface area contributed by atoms with Gasteiger partial charge in [-0.2, -0.15) is 5.26 Å². The van der Waals surface area contributed by atoms with Gasteiger partial charge in [-0.3, -0.25) is 4.98 Å². The van der Waals surface area contributed by atoms with E-state index in [-0.39, 0.29) is 6.10 Å². The third kappa shape index (κ3) is 2.85. The van der Waals surface area contributed by atoms with Gasteiger partial charge in [0.25, 0.3) is 0 Å². The zero-order chi connectivity index (χ0) is 18.9. The highest BCUT2D eigenvalue weighted by Crippen LogP contribution is 2.37. The van der Waals surface area contributed by atoms with Crippen molar-refractivity contribution in [1.82, 2.24) is 19.9 Å². The van der Waals surface area contributed by atoms with Gasteiger partial charge in [-0.1, -0.05) is 6.42 Å².